The van der Waals surface area contributed by atoms with Gasteiger partial charge in [-0.2, -0.15) is 0 Å². The number of aromatic nitrogens is 2. The van der Waals surface area contributed by atoms with Gasteiger partial charge in [0.1, 0.15) is 5.69 Å². The van der Waals surface area contributed by atoms with Crippen LogP contribution in [0.3, 0.4) is 0 Å². The minimum absolute atomic E-state index is 0.0622. The molecule has 1 aromatic rings. The normalized spacial score (nSPS) is 13.3. The van der Waals surface area contributed by atoms with Crippen molar-refractivity contribution in [2.45, 2.75) is 11.6 Å². The van der Waals surface area contributed by atoms with Crippen molar-refractivity contribution >= 4 is 10.8 Å². The maximum absolute atomic E-state index is 12.0. The van der Waals surface area contributed by atoms with E-state index in [4.69, 9.17) is 0 Å². The van der Waals surface area contributed by atoms with Crippen molar-refractivity contribution in [3.63, 3.8) is 0 Å². The van der Waals surface area contributed by atoms with Gasteiger partial charge >= 0.3 is 0 Å². The van der Waals surface area contributed by atoms with Gasteiger partial charge in [0, 0.05) is 12.5 Å². The third-order valence-electron chi connectivity index (χ3n) is 1.14. The summed E-state index contributed by atoms with van der Waals surface area (Å²) >= 11 is 0. The molecule has 0 saturated heterocycles. The number of halogens is 2. The smallest absolute Gasteiger partial charge is 0.251 e. The van der Waals surface area contributed by atoms with E-state index < -0.39 is 22.9 Å². The minimum atomic E-state index is -2.64. The first kappa shape index (κ1) is 9.18. The molecular weight excluding hydrogens is 186 g/mol. The predicted octanol–water partition coefficient (Wildman–Crippen LogP) is 1.15. The van der Waals surface area contributed by atoms with Gasteiger partial charge in [-0.05, 0) is 6.07 Å². The van der Waals surface area contributed by atoms with E-state index in [1.54, 1.807) is 0 Å². The Labute approximate surface area is 70.3 Å². The molecule has 0 bridgehead atoms. The highest BCUT2D eigenvalue weighted by molar-refractivity contribution is 7.84. The molecule has 0 amide bonds. The van der Waals surface area contributed by atoms with E-state index in [0.717, 1.165) is 6.07 Å². The van der Waals surface area contributed by atoms with Crippen LogP contribution in [0.5, 0.6) is 0 Å². The van der Waals surface area contributed by atoms with Gasteiger partial charge in [-0.15, -0.1) is 0 Å². The maximum Gasteiger partial charge on any atom is 0.280 e. The van der Waals surface area contributed by atoms with E-state index in [1.807, 2.05) is 0 Å². The number of hydrogen-bond donors (Lipinski definition) is 0. The molecular formula is C6H6F2N2OS. The Kier molecular flexibility index (Phi) is 2.80. The first-order chi connectivity index (χ1) is 5.61. The van der Waals surface area contributed by atoms with E-state index in [2.05, 4.69) is 9.97 Å². The second-order valence-corrected chi connectivity index (χ2v) is 3.29. The lowest BCUT2D eigenvalue weighted by Gasteiger charge is -1.98. The van der Waals surface area contributed by atoms with Gasteiger partial charge in [-0.3, -0.25) is 4.21 Å². The molecule has 1 rings (SSSR count). The van der Waals surface area contributed by atoms with Crippen LogP contribution in [-0.4, -0.2) is 20.4 Å². The maximum atomic E-state index is 12.0. The predicted molar refractivity (Wildman–Crippen MR) is 39.3 cm³/mol. The molecule has 0 N–H and O–H groups in total. The van der Waals surface area contributed by atoms with E-state index >= 15 is 0 Å². The number of nitrogens with zero attached hydrogens (tertiary/aromatic N) is 2. The highest BCUT2D eigenvalue weighted by Crippen LogP contribution is 2.15. The summed E-state index contributed by atoms with van der Waals surface area (Å²) < 4.78 is 34.8. The standard InChI is InChI=1S/C6H6F2N2OS/c1-12(11)6-9-3-2-4(10-6)5(7)8/h2-3,5H,1H3. The Hall–Kier alpha value is -0.910. The molecule has 12 heavy (non-hydrogen) atoms. The minimum Gasteiger partial charge on any atom is -0.251 e. The topological polar surface area (TPSA) is 42.9 Å². The molecule has 0 aliphatic carbocycles. The summed E-state index contributed by atoms with van der Waals surface area (Å²) in [7, 11) is -1.41. The summed E-state index contributed by atoms with van der Waals surface area (Å²) in [4.78, 5) is 6.99. The molecule has 0 aliphatic heterocycles. The summed E-state index contributed by atoms with van der Waals surface area (Å²) in [5.41, 5.74) is -0.393. The van der Waals surface area contributed by atoms with Crippen LogP contribution in [0.15, 0.2) is 17.4 Å². The molecule has 0 aromatic carbocycles. The fraction of sp³-hybridized carbons (Fsp3) is 0.333. The fourth-order valence-corrected chi connectivity index (χ4v) is 1.06. The van der Waals surface area contributed by atoms with Gasteiger partial charge < -0.3 is 0 Å². The Morgan fingerprint density at radius 3 is 2.75 bits per heavy atom. The van der Waals surface area contributed by atoms with E-state index in [-0.39, 0.29) is 5.16 Å². The zero-order valence-corrected chi connectivity index (χ0v) is 7.02. The molecule has 0 aliphatic rings. The summed E-state index contributed by atoms with van der Waals surface area (Å²) in [5.74, 6) is 0. The quantitative estimate of drug-likeness (QED) is 0.660. The van der Waals surface area contributed by atoms with Crippen LogP contribution in [0.2, 0.25) is 0 Å². The molecule has 1 atom stereocenters. The third kappa shape index (κ3) is 2.04. The van der Waals surface area contributed by atoms with Crippen LogP contribution in [0.4, 0.5) is 8.78 Å². The Bertz CT molecular complexity index is 305. The van der Waals surface area contributed by atoms with Crippen LogP contribution in [0.1, 0.15) is 12.1 Å². The van der Waals surface area contributed by atoms with Crippen molar-refractivity contribution in [3.05, 3.63) is 18.0 Å². The lowest BCUT2D eigenvalue weighted by Crippen LogP contribution is -2.00. The SMILES string of the molecule is CS(=O)c1nccc(C(F)F)n1. The van der Waals surface area contributed by atoms with Crippen LogP contribution in [0, 0.1) is 0 Å². The largest absolute Gasteiger partial charge is 0.280 e. The van der Waals surface area contributed by atoms with Gasteiger partial charge in [0.15, 0.2) is 0 Å². The lowest BCUT2D eigenvalue weighted by atomic mass is 10.4. The van der Waals surface area contributed by atoms with Gasteiger partial charge in [0.05, 0.1) is 10.8 Å². The van der Waals surface area contributed by atoms with Crippen molar-refractivity contribution in [2.24, 2.45) is 0 Å². The van der Waals surface area contributed by atoms with E-state index in [1.165, 1.54) is 12.5 Å². The highest BCUT2D eigenvalue weighted by atomic mass is 32.2. The molecule has 0 fully saturated rings. The van der Waals surface area contributed by atoms with Gasteiger partial charge in [-0.25, -0.2) is 18.7 Å². The number of rotatable bonds is 2. The zero-order valence-electron chi connectivity index (χ0n) is 6.20. The second kappa shape index (κ2) is 3.66. The van der Waals surface area contributed by atoms with Gasteiger partial charge in [-0.1, -0.05) is 0 Å². The molecule has 1 aromatic heterocycles. The number of hydrogen-bond acceptors (Lipinski definition) is 3. The fourth-order valence-electron chi connectivity index (χ4n) is 0.614. The highest BCUT2D eigenvalue weighted by Gasteiger charge is 2.10. The van der Waals surface area contributed by atoms with Crippen LogP contribution >= 0.6 is 0 Å². The Morgan fingerprint density at radius 1 is 1.58 bits per heavy atom. The summed E-state index contributed by atoms with van der Waals surface area (Å²) in [6, 6.07) is 1.10. The van der Waals surface area contributed by atoms with Crippen molar-refractivity contribution in [1.82, 2.24) is 9.97 Å². The first-order valence-electron chi connectivity index (χ1n) is 3.06. The molecule has 0 spiro atoms. The van der Waals surface area contributed by atoms with Crippen LogP contribution in [0.25, 0.3) is 0 Å². The number of alkyl halides is 2. The molecule has 1 heterocycles. The average molecular weight is 192 g/mol. The lowest BCUT2D eigenvalue weighted by molar-refractivity contribution is 0.145. The summed E-state index contributed by atoms with van der Waals surface area (Å²) in [6.45, 7) is 0. The molecule has 0 radical (unpaired) electrons. The van der Waals surface area contributed by atoms with Crippen LogP contribution in [-0.2, 0) is 10.8 Å². The molecule has 66 valence electrons. The molecule has 1 unspecified atom stereocenters. The molecule has 0 saturated carbocycles. The zero-order chi connectivity index (χ0) is 9.14. The Morgan fingerprint density at radius 2 is 2.25 bits per heavy atom. The van der Waals surface area contributed by atoms with Crippen molar-refractivity contribution in [1.29, 1.82) is 0 Å². The second-order valence-electron chi connectivity index (χ2n) is 2.02. The van der Waals surface area contributed by atoms with Crippen molar-refractivity contribution in [2.75, 3.05) is 6.26 Å². The molecule has 3 nitrogen and oxygen atoms in total. The summed E-state index contributed by atoms with van der Waals surface area (Å²) in [5, 5.41) is -0.0622. The first-order valence-corrected chi connectivity index (χ1v) is 4.61. The van der Waals surface area contributed by atoms with Crippen molar-refractivity contribution < 1.29 is 13.0 Å². The van der Waals surface area contributed by atoms with E-state index in [0.29, 0.717) is 0 Å². The van der Waals surface area contributed by atoms with Gasteiger partial charge in [0.2, 0.25) is 5.16 Å². The van der Waals surface area contributed by atoms with Gasteiger partial charge in [0.25, 0.3) is 6.43 Å². The average Bonchev–Trinajstić information content (AvgIpc) is 2.04. The molecule has 6 heteroatoms. The van der Waals surface area contributed by atoms with Crippen molar-refractivity contribution in [3.8, 4) is 0 Å². The van der Waals surface area contributed by atoms with E-state index in [9.17, 15) is 13.0 Å². The third-order valence-corrected chi connectivity index (χ3v) is 1.85. The van der Waals surface area contributed by atoms with Crippen LogP contribution < -0.4 is 0 Å². The Balaban J connectivity index is 3.04. The summed E-state index contributed by atoms with van der Waals surface area (Å²) in [6.07, 6.45) is -0.134. The monoisotopic (exact) mass is 192 g/mol.